The Bertz CT molecular complexity index is 1440. The fraction of sp³-hybridized carbons (Fsp3) is 0.594. The monoisotopic (exact) mass is 628 g/mol. The second-order valence-electron chi connectivity index (χ2n) is 13.9. The summed E-state index contributed by atoms with van der Waals surface area (Å²) in [6.45, 7) is 11.6. The van der Waals surface area contributed by atoms with Crippen molar-refractivity contribution in [1.82, 2.24) is 20.9 Å². The maximum atomic E-state index is 14.2. The number of halogens is 2. The van der Waals surface area contributed by atoms with Crippen LogP contribution in [0.2, 0.25) is 0 Å². The first-order chi connectivity index (χ1) is 21.0. The first kappa shape index (κ1) is 33.7. The van der Waals surface area contributed by atoms with Gasteiger partial charge in [0.05, 0.1) is 11.7 Å². The third-order valence-electron chi connectivity index (χ3n) is 9.53. The molecule has 1 aliphatic carbocycles. The zero-order valence-electron chi connectivity index (χ0n) is 26.4. The number of amides is 3. The summed E-state index contributed by atoms with van der Waals surface area (Å²) in [5.41, 5.74) is 4.58. The van der Waals surface area contributed by atoms with E-state index in [1.807, 2.05) is 19.8 Å². The fourth-order valence-electron chi connectivity index (χ4n) is 6.71. The largest absolute Gasteiger partial charge is 0.391 e. The summed E-state index contributed by atoms with van der Waals surface area (Å²) < 4.78 is 28.4. The molecule has 1 saturated carbocycles. The van der Waals surface area contributed by atoms with Crippen LogP contribution in [0.3, 0.4) is 0 Å². The lowest BCUT2D eigenvalue weighted by Crippen LogP contribution is -2.61. The second-order valence-corrected chi connectivity index (χ2v) is 13.9. The molecule has 0 unspecified atom stereocenters. The Balaban J connectivity index is 1.55. The first-order valence-corrected chi connectivity index (χ1v) is 15.1. The highest BCUT2D eigenvalue weighted by atomic mass is 19.1. The summed E-state index contributed by atoms with van der Waals surface area (Å²) in [5, 5.41) is 11.1. The average molecular weight is 629 g/mol. The Morgan fingerprint density at radius 3 is 2.38 bits per heavy atom. The van der Waals surface area contributed by atoms with Gasteiger partial charge < -0.3 is 31.9 Å². The van der Waals surface area contributed by atoms with Gasteiger partial charge in [-0.3, -0.25) is 14.4 Å². The van der Waals surface area contributed by atoms with Gasteiger partial charge in [-0.2, -0.15) is 0 Å². The molecular formula is C32H42F2N6O5. The van der Waals surface area contributed by atoms with Gasteiger partial charge in [0.25, 0.3) is 0 Å². The first-order valence-electron chi connectivity index (χ1n) is 15.1. The van der Waals surface area contributed by atoms with Crippen LogP contribution in [0.15, 0.2) is 29.6 Å². The van der Waals surface area contributed by atoms with E-state index in [0.29, 0.717) is 18.7 Å². The SMILES string of the molecule is C[C@H](Nc1c(F)cccc1F)C(=O)N[C@H](C(=O)N1C[C@H]2[C@@H]([C@H]1C(=O)N[C@@H](C[C@@H]1CCNC1=C=O)C(N)=C=O)C2(C)C)C(C)(C)C. The minimum Gasteiger partial charge on any atom is -0.391 e. The highest BCUT2D eigenvalue weighted by molar-refractivity contribution is 5.95. The van der Waals surface area contributed by atoms with Crippen molar-refractivity contribution < 1.29 is 32.8 Å². The van der Waals surface area contributed by atoms with Crippen LogP contribution < -0.4 is 27.0 Å². The zero-order chi connectivity index (χ0) is 33.4. The maximum Gasteiger partial charge on any atom is 0.246 e. The normalized spacial score (nSPS) is 25.1. The summed E-state index contributed by atoms with van der Waals surface area (Å²) >= 11 is 0. The van der Waals surface area contributed by atoms with Gasteiger partial charge in [-0.1, -0.05) is 40.7 Å². The quantitative estimate of drug-likeness (QED) is 0.244. The maximum absolute atomic E-state index is 14.2. The van der Waals surface area contributed by atoms with Gasteiger partial charge in [-0.15, -0.1) is 0 Å². The molecule has 3 fully saturated rings. The molecule has 6 N–H and O–H groups in total. The summed E-state index contributed by atoms with van der Waals surface area (Å²) in [7, 11) is 0. The summed E-state index contributed by atoms with van der Waals surface area (Å²) in [5.74, 6) is -0.298. The van der Waals surface area contributed by atoms with Crippen molar-refractivity contribution in [2.75, 3.05) is 18.4 Å². The van der Waals surface area contributed by atoms with E-state index in [2.05, 4.69) is 21.3 Å². The van der Waals surface area contributed by atoms with E-state index in [0.717, 1.165) is 12.1 Å². The van der Waals surface area contributed by atoms with Gasteiger partial charge in [-0.05, 0) is 54.6 Å². The molecule has 0 radical (unpaired) electrons. The Hall–Kier alpha value is -4.21. The predicted molar refractivity (Wildman–Crippen MR) is 162 cm³/mol. The van der Waals surface area contributed by atoms with E-state index in [1.54, 1.807) is 26.7 Å². The summed E-state index contributed by atoms with van der Waals surface area (Å²) in [6.07, 6.45) is 0.773. The highest BCUT2D eigenvalue weighted by Crippen LogP contribution is 2.65. The Morgan fingerprint density at radius 1 is 1.16 bits per heavy atom. The molecule has 7 atom stereocenters. The molecule has 1 aromatic carbocycles. The standard InChI is InChI=1S/C32H42F2N6O5/c1-16(37-25-19(33)8-7-9-20(25)34)28(43)39-27(31(2,3)4)30(45)40-13-18-24(32(18,5)6)26(40)29(44)38-22(21(35)14-41)12-17-10-11-36-23(17)15-42/h7-9,16-18,22,24,26-27,36-37H,10-13,35H2,1-6H3,(H,38,44)(H,39,43)/t16-,17-,18-,22-,24-,26-,27+/m0/s1. The number of nitrogens with zero attached hydrogens (tertiary/aromatic N) is 1. The van der Waals surface area contributed by atoms with Crippen LogP contribution in [-0.4, -0.2) is 71.8 Å². The van der Waals surface area contributed by atoms with E-state index in [-0.39, 0.29) is 41.8 Å². The van der Waals surface area contributed by atoms with Crippen molar-refractivity contribution in [3.05, 3.63) is 41.2 Å². The number of carbonyl (C=O) groups excluding carboxylic acids is 5. The molecule has 2 heterocycles. The van der Waals surface area contributed by atoms with Gasteiger partial charge in [0.2, 0.25) is 17.7 Å². The molecule has 2 aliphatic heterocycles. The molecular weight excluding hydrogens is 586 g/mol. The number of nitrogens with one attached hydrogen (secondary N) is 4. The van der Waals surface area contributed by atoms with Crippen molar-refractivity contribution in [3.63, 3.8) is 0 Å². The molecule has 11 nitrogen and oxygen atoms in total. The molecule has 0 aromatic heterocycles. The Morgan fingerprint density at radius 2 is 1.80 bits per heavy atom. The number of hydrogen-bond acceptors (Lipinski definition) is 8. The van der Waals surface area contributed by atoms with Crippen LogP contribution in [0.1, 0.15) is 54.4 Å². The smallest absolute Gasteiger partial charge is 0.246 e. The molecule has 4 rings (SSSR count). The number of rotatable bonds is 10. The van der Waals surface area contributed by atoms with E-state index in [1.165, 1.54) is 17.9 Å². The summed E-state index contributed by atoms with van der Waals surface area (Å²) in [6, 6.07) is -0.689. The topological polar surface area (TPSA) is 163 Å². The molecule has 0 spiro atoms. The Kier molecular flexibility index (Phi) is 9.47. The highest BCUT2D eigenvalue weighted by Gasteiger charge is 2.69. The second kappa shape index (κ2) is 12.7. The van der Waals surface area contributed by atoms with Crippen LogP contribution in [-0.2, 0) is 24.0 Å². The number of para-hydroxylation sites is 1. The number of hydrogen-bond donors (Lipinski definition) is 5. The van der Waals surface area contributed by atoms with Gasteiger partial charge in [-0.25, -0.2) is 18.4 Å². The molecule has 0 bridgehead atoms. The van der Waals surface area contributed by atoms with Gasteiger partial charge in [0.1, 0.15) is 53.0 Å². The predicted octanol–water partition coefficient (Wildman–Crippen LogP) is 1.65. The molecule has 45 heavy (non-hydrogen) atoms. The van der Waals surface area contributed by atoms with Crippen molar-refractivity contribution in [3.8, 4) is 0 Å². The minimum atomic E-state index is -1.10. The van der Waals surface area contributed by atoms with Crippen LogP contribution in [0, 0.1) is 40.2 Å². The lowest BCUT2D eigenvalue weighted by Gasteiger charge is -2.38. The average Bonchev–Trinajstić information content (AvgIpc) is 3.35. The van der Waals surface area contributed by atoms with E-state index >= 15 is 0 Å². The minimum absolute atomic E-state index is 0.0270. The van der Waals surface area contributed by atoms with Crippen molar-refractivity contribution >= 4 is 35.3 Å². The lowest BCUT2D eigenvalue weighted by atomic mass is 9.85. The number of carbonyl (C=O) groups is 3. The van der Waals surface area contributed by atoms with Crippen LogP contribution in [0.4, 0.5) is 14.5 Å². The van der Waals surface area contributed by atoms with Crippen molar-refractivity contribution in [1.29, 1.82) is 0 Å². The summed E-state index contributed by atoms with van der Waals surface area (Å²) in [4.78, 5) is 65.7. The van der Waals surface area contributed by atoms with Gasteiger partial charge >= 0.3 is 0 Å². The molecule has 2 saturated heterocycles. The third-order valence-corrected chi connectivity index (χ3v) is 9.53. The molecule has 1 aromatic rings. The molecule has 3 aliphatic rings. The van der Waals surface area contributed by atoms with Crippen LogP contribution >= 0.6 is 0 Å². The van der Waals surface area contributed by atoms with Crippen LogP contribution in [0.25, 0.3) is 0 Å². The molecule has 3 amide bonds. The van der Waals surface area contributed by atoms with Crippen molar-refractivity contribution in [2.24, 2.45) is 34.3 Å². The number of fused-ring (bicyclic) bond motifs is 1. The zero-order valence-corrected chi connectivity index (χ0v) is 26.4. The number of anilines is 1. The van der Waals surface area contributed by atoms with E-state index in [9.17, 15) is 32.8 Å². The van der Waals surface area contributed by atoms with Crippen LogP contribution in [0.5, 0.6) is 0 Å². The van der Waals surface area contributed by atoms with E-state index in [4.69, 9.17) is 5.73 Å². The van der Waals surface area contributed by atoms with Gasteiger partial charge in [0, 0.05) is 19.0 Å². The van der Waals surface area contributed by atoms with Gasteiger partial charge in [0.15, 0.2) is 0 Å². The molecule has 13 heteroatoms. The Labute approximate surface area is 261 Å². The number of nitrogens with two attached hydrogens (primary N) is 1. The lowest BCUT2D eigenvalue weighted by molar-refractivity contribution is -0.145. The fourth-order valence-corrected chi connectivity index (χ4v) is 6.71. The number of piperidine rings is 1. The number of likely N-dealkylation sites (tertiary alicyclic amines) is 1. The number of benzene rings is 1. The molecule has 244 valence electrons. The van der Waals surface area contributed by atoms with E-state index < -0.39 is 64.6 Å². The number of allylic oxidation sites excluding steroid dienone is 1. The van der Waals surface area contributed by atoms with Crippen molar-refractivity contribution in [2.45, 2.75) is 78.6 Å². The third kappa shape index (κ3) is 6.74.